The second kappa shape index (κ2) is 6.82. The third-order valence-electron chi connectivity index (χ3n) is 2.89. The summed E-state index contributed by atoms with van der Waals surface area (Å²) in [5, 5.41) is 12.4. The topological polar surface area (TPSA) is 84.0 Å². The first-order valence-electron chi connectivity index (χ1n) is 7.01. The van der Waals surface area contributed by atoms with E-state index in [-0.39, 0.29) is 5.75 Å². The van der Waals surface area contributed by atoms with Crippen LogP contribution in [0.1, 0.15) is 38.1 Å². The molecule has 1 heterocycles. The fraction of sp³-hybridized carbons (Fsp3) is 0.833. The van der Waals surface area contributed by atoms with Crippen molar-refractivity contribution >= 4 is 26.5 Å². The minimum absolute atomic E-state index is 0.117. The van der Waals surface area contributed by atoms with Gasteiger partial charge in [0.2, 0.25) is 15.2 Å². The van der Waals surface area contributed by atoms with E-state index in [1.165, 1.54) is 24.2 Å². The van der Waals surface area contributed by atoms with Crippen molar-refractivity contribution in [2.75, 3.05) is 17.0 Å². The van der Waals surface area contributed by atoms with Gasteiger partial charge in [0.15, 0.2) is 0 Å². The molecule has 0 unspecified atom stereocenters. The summed E-state index contributed by atoms with van der Waals surface area (Å²) in [5.74, 6) is 0.604. The molecular weight excluding hydrogens is 296 g/mol. The van der Waals surface area contributed by atoms with Gasteiger partial charge in [-0.05, 0) is 31.7 Å². The number of nitrogens with one attached hydrogen (secondary N) is 2. The number of rotatable bonds is 9. The molecule has 2 N–H and O–H groups in total. The Hall–Kier alpha value is -0.730. The molecule has 6 nitrogen and oxygen atoms in total. The predicted molar refractivity (Wildman–Crippen MR) is 81.5 cm³/mol. The number of aromatic nitrogens is 2. The van der Waals surface area contributed by atoms with Crippen LogP contribution in [0.15, 0.2) is 0 Å². The maximum atomic E-state index is 11.9. The molecule has 0 bridgehead atoms. The van der Waals surface area contributed by atoms with Crippen molar-refractivity contribution in [1.29, 1.82) is 0 Å². The molecule has 20 heavy (non-hydrogen) atoms. The van der Waals surface area contributed by atoms with Crippen molar-refractivity contribution < 1.29 is 8.42 Å². The minimum atomic E-state index is -3.31. The summed E-state index contributed by atoms with van der Waals surface area (Å²) in [6.45, 7) is 4.94. The van der Waals surface area contributed by atoms with Crippen LogP contribution < -0.4 is 10.0 Å². The summed E-state index contributed by atoms with van der Waals surface area (Å²) in [6.07, 6.45) is 3.87. The second-order valence-electron chi connectivity index (χ2n) is 5.60. The van der Waals surface area contributed by atoms with Crippen LogP contribution in [0.2, 0.25) is 0 Å². The molecular formula is C12H22N4O2S2. The van der Waals surface area contributed by atoms with Gasteiger partial charge in [0.1, 0.15) is 5.01 Å². The zero-order valence-electron chi connectivity index (χ0n) is 11.9. The molecule has 0 aliphatic heterocycles. The van der Waals surface area contributed by atoms with Crippen LogP contribution in [-0.2, 0) is 16.4 Å². The van der Waals surface area contributed by atoms with Gasteiger partial charge in [-0.3, -0.25) is 4.72 Å². The smallest absolute Gasteiger partial charge is 0.234 e. The van der Waals surface area contributed by atoms with E-state index in [0.717, 1.165) is 18.0 Å². The van der Waals surface area contributed by atoms with Gasteiger partial charge in [-0.1, -0.05) is 25.2 Å². The third kappa shape index (κ3) is 5.72. The monoisotopic (exact) mass is 318 g/mol. The van der Waals surface area contributed by atoms with Crippen molar-refractivity contribution in [3.05, 3.63) is 5.01 Å². The van der Waals surface area contributed by atoms with Crippen LogP contribution in [0.3, 0.4) is 0 Å². The van der Waals surface area contributed by atoms with E-state index in [0.29, 0.717) is 23.5 Å². The first-order chi connectivity index (χ1) is 9.44. The number of hydrogen-bond donors (Lipinski definition) is 2. The largest absolute Gasteiger partial charge is 0.314 e. The molecule has 0 saturated heterocycles. The van der Waals surface area contributed by atoms with Gasteiger partial charge in [0.05, 0.1) is 5.75 Å². The average Bonchev–Trinajstić information content (AvgIpc) is 3.06. The van der Waals surface area contributed by atoms with Crippen molar-refractivity contribution in [1.82, 2.24) is 15.5 Å². The molecule has 1 saturated carbocycles. The van der Waals surface area contributed by atoms with Gasteiger partial charge in [0, 0.05) is 12.5 Å². The molecule has 2 rings (SSSR count). The van der Waals surface area contributed by atoms with Gasteiger partial charge in [0.25, 0.3) is 0 Å². The Morgan fingerprint density at radius 1 is 1.35 bits per heavy atom. The fourth-order valence-electron chi connectivity index (χ4n) is 1.77. The normalized spacial score (nSPS) is 15.8. The lowest BCUT2D eigenvalue weighted by atomic mass is 10.1. The van der Waals surface area contributed by atoms with Gasteiger partial charge < -0.3 is 5.32 Å². The number of sulfonamides is 1. The van der Waals surface area contributed by atoms with E-state index in [2.05, 4.69) is 34.1 Å². The van der Waals surface area contributed by atoms with Crippen molar-refractivity contribution in [3.8, 4) is 0 Å². The molecule has 114 valence electrons. The summed E-state index contributed by atoms with van der Waals surface area (Å²) < 4.78 is 26.3. The maximum absolute atomic E-state index is 11.9. The van der Waals surface area contributed by atoms with E-state index >= 15 is 0 Å². The van der Waals surface area contributed by atoms with Gasteiger partial charge in [-0.2, -0.15) is 0 Å². The van der Waals surface area contributed by atoms with Crippen LogP contribution >= 0.6 is 11.3 Å². The van der Waals surface area contributed by atoms with Crippen molar-refractivity contribution in [3.63, 3.8) is 0 Å². The zero-order chi connectivity index (χ0) is 14.6. The Balaban J connectivity index is 1.76. The summed E-state index contributed by atoms with van der Waals surface area (Å²) in [6, 6.07) is 0.618. The molecule has 1 aliphatic carbocycles. The van der Waals surface area contributed by atoms with Gasteiger partial charge in [-0.15, -0.1) is 10.2 Å². The van der Waals surface area contributed by atoms with Crippen molar-refractivity contribution in [2.24, 2.45) is 5.92 Å². The summed E-state index contributed by atoms with van der Waals surface area (Å²) in [7, 11) is -3.31. The first kappa shape index (κ1) is 15.7. The number of hydrogen-bond acceptors (Lipinski definition) is 6. The lowest BCUT2D eigenvalue weighted by Gasteiger charge is -2.05. The predicted octanol–water partition coefficient (Wildman–Crippen LogP) is 1.62. The Morgan fingerprint density at radius 2 is 2.10 bits per heavy atom. The average molecular weight is 318 g/mol. The highest BCUT2D eigenvalue weighted by atomic mass is 32.2. The number of anilines is 1. The quantitative estimate of drug-likeness (QED) is 0.676. The zero-order valence-corrected chi connectivity index (χ0v) is 13.6. The molecule has 0 spiro atoms. The molecule has 1 aromatic rings. The van der Waals surface area contributed by atoms with E-state index in [4.69, 9.17) is 0 Å². The lowest BCUT2D eigenvalue weighted by Crippen LogP contribution is -2.23. The van der Waals surface area contributed by atoms with E-state index < -0.39 is 10.0 Å². The van der Waals surface area contributed by atoms with E-state index in [1.807, 2.05) is 0 Å². The maximum Gasteiger partial charge on any atom is 0.234 e. The fourth-order valence-corrected chi connectivity index (χ4v) is 4.05. The van der Waals surface area contributed by atoms with Crippen molar-refractivity contribution in [2.45, 2.75) is 45.6 Å². The summed E-state index contributed by atoms with van der Waals surface area (Å²) in [4.78, 5) is 0. The molecule has 0 radical (unpaired) electrons. The van der Waals surface area contributed by atoms with E-state index in [1.54, 1.807) is 0 Å². The summed E-state index contributed by atoms with van der Waals surface area (Å²) >= 11 is 1.31. The highest BCUT2D eigenvalue weighted by molar-refractivity contribution is 7.92. The van der Waals surface area contributed by atoms with Gasteiger partial charge >= 0.3 is 0 Å². The van der Waals surface area contributed by atoms with Gasteiger partial charge in [-0.25, -0.2) is 8.42 Å². The first-order valence-corrected chi connectivity index (χ1v) is 9.48. The van der Waals surface area contributed by atoms with Crippen LogP contribution in [0, 0.1) is 5.92 Å². The minimum Gasteiger partial charge on any atom is -0.314 e. The van der Waals surface area contributed by atoms with Crippen LogP contribution in [0.4, 0.5) is 5.13 Å². The molecule has 0 amide bonds. The SMILES string of the molecule is CC(C)Cc1nnc(NS(=O)(=O)CCCNC2CC2)s1. The molecule has 1 aliphatic rings. The van der Waals surface area contributed by atoms with Crippen LogP contribution in [0.25, 0.3) is 0 Å². The molecule has 0 atom stereocenters. The number of nitrogens with zero attached hydrogens (tertiary/aromatic N) is 2. The highest BCUT2D eigenvalue weighted by Crippen LogP contribution is 2.20. The lowest BCUT2D eigenvalue weighted by molar-refractivity contribution is 0.593. The molecule has 1 aromatic heterocycles. The molecule has 8 heteroatoms. The highest BCUT2D eigenvalue weighted by Gasteiger charge is 2.20. The Kier molecular flexibility index (Phi) is 5.34. The van der Waals surface area contributed by atoms with Crippen LogP contribution in [-0.4, -0.2) is 37.0 Å². The second-order valence-corrected chi connectivity index (χ2v) is 8.51. The standard InChI is InChI=1S/C12H22N4O2S2/c1-9(2)8-11-14-15-12(19-11)16-20(17,18)7-3-6-13-10-4-5-10/h9-10,13H,3-8H2,1-2H3,(H,15,16). The van der Waals surface area contributed by atoms with E-state index in [9.17, 15) is 8.42 Å². The van der Waals surface area contributed by atoms with Crippen LogP contribution in [0.5, 0.6) is 0 Å². The molecule has 0 aromatic carbocycles. The summed E-state index contributed by atoms with van der Waals surface area (Å²) in [5.41, 5.74) is 0. The Labute approximate surface area is 124 Å². The Morgan fingerprint density at radius 3 is 2.75 bits per heavy atom. The molecule has 1 fully saturated rings. The Bertz CT molecular complexity index is 523. The third-order valence-corrected chi connectivity index (χ3v) is 5.21.